The monoisotopic (exact) mass is 362 g/mol. The number of hydrogen-bond acceptors (Lipinski definition) is 4. The van der Waals surface area contributed by atoms with Crippen LogP contribution in [0.1, 0.15) is 45.0 Å². The van der Waals surface area contributed by atoms with Crippen LogP contribution < -0.4 is 10.6 Å². The van der Waals surface area contributed by atoms with Crippen LogP contribution in [0.3, 0.4) is 0 Å². The minimum Gasteiger partial charge on any atom is -0.351 e. The van der Waals surface area contributed by atoms with E-state index in [9.17, 15) is 9.59 Å². The van der Waals surface area contributed by atoms with Crippen LogP contribution in [0.5, 0.6) is 0 Å². The fourth-order valence-corrected chi connectivity index (χ4v) is 4.52. The van der Waals surface area contributed by atoms with E-state index < -0.39 is 0 Å². The minimum atomic E-state index is 0.0260. The molecule has 0 aliphatic heterocycles. The number of rotatable bonds is 6. The Kier molecular flexibility index (Phi) is 6.04. The Morgan fingerprint density at radius 1 is 0.917 bits per heavy atom. The predicted octanol–water partition coefficient (Wildman–Crippen LogP) is 3.78. The smallest absolute Gasteiger partial charge is 0.261 e. The molecule has 1 fully saturated rings. The van der Waals surface area contributed by atoms with Crippen LogP contribution in [0.25, 0.3) is 0 Å². The van der Waals surface area contributed by atoms with Gasteiger partial charge < -0.3 is 10.6 Å². The molecule has 0 saturated heterocycles. The molecule has 0 bridgehead atoms. The van der Waals surface area contributed by atoms with Crippen molar-refractivity contribution in [2.45, 2.75) is 25.7 Å². The van der Waals surface area contributed by atoms with E-state index in [2.05, 4.69) is 10.6 Å². The summed E-state index contributed by atoms with van der Waals surface area (Å²) in [6, 6.07) is 7.49. The lowest BCUT2D eigenvalue weighted by Gasteiger charge is -2.29. The molecule has 2 amide bonds. The maximum atomic E-state index is 12.0. The molecule has 2 unspecified atom stereocenters. The van der Waals surface area contributed by atoms with E-state index in [1.54, 1.807) is 0 Å². The van der Waals surface area contributed by atoms with Gasteiger partial charge >= 0.3 is 0 Å². The fraction of sp³-hybridized carbons (Fsp3) is 0.444. The van der Waals surface area contributed by atoms with E-state index in [4.69, 9.17) is 0 Å². The molecule has 0 spiro atoms. The van der Waals surface area contributed by atoms with E-state index in [0.717, 1.165) is 42.1 Å². The van der Waals surface area contributed by atoms with E-state index in [-0.39, 0.29) is 11.8 Å². The van der Waals surface area contributed by atoms with Crippen LogP contribution in [0.2, 0.25) is 0 Å². The number of thiophene rings is 2. The van der Waals surface area contributed by atoms with Gasteiger partial charge in [-0.15, -0.1) is 22.7 Å². The van der Waals surface area contributed by atoms with Crippen LogP contribution in [-0.4, -0.2) is 24.9 Å². The lowest BCUT2D eigenvalue weighted by molar-refractivity contribution is 0.0939. The maximum Gasteiger partial charge on any atom is 0.261 e. The average molecular weight is 363 g/mol. The van der Waals surface area contributed by atoms with Crippen molar-refractivity contribution in [1.82, 2.24) is 10.6 Å². The minimum absolute atomic E-state index is 0.0260. The highest BCUT2D eigenvalue weighted by molar-refractivity contribution is 7.12. The largest absolute Gasteiger partial charge is 0.351 e. The molecule has 4 nitrogen and oxygen atoms in total. The van der Waals surface area contributed by atoms with Gasteiger partial charge in [-0.05, 0) is 54.0 Å². The van der Waals surface area contributed by atoms with Crippen LogP contribution in [0.4, 0.5) is 0 Å². The summed E-state index contributed by atoms with van der Waals surface area (Å²) in [6.07, 6.45) is 4.54. The third-order valence-corrected chi connectivity index (χ3v) is 6.22. The molecule has 24 heavy (non-hydrogen) atoms. The zero-order chi connectivity index (χ0) is 16.8. The van der Waals surface area contributed by atoms with Crippen molar-refractivity contribution in [2.75, 3.05) is 13.1 Å². The van der Waals surface area contributed by atoms with Gasteiger partial charge in [0, 0.05) is 13.1 Å². The number of amides is 2. The molecule has 1 aliphatic carbocycles. The highest BCUT2D eigenvalue weighted by atomic mass is 32.1. The summed E-state index contributed by atoms with van der Waals surface area (Å²) in [4.78, 5) is 25.6. The molecular formula is C18H22N2O2S2. The summed E-state index contributed by atoms with van der Waals surface area (Å²) in [5, 5.41) is 9.93. The second-order valence-corrected chi connectivity index (χ2v) is 8.17. The van der Waals surface area contributed by atoms with Crippen LogP contribution in [-0.2, 0) is 0 Å². The van der Waals surface area contributed by atoms with E-state index in [0.29, 0.717) is 11.8 Å². The summed E-state index contributed by atoms with van der Waals surface area (Å²) >= 11 is 2.94. The Labute approximate surface area is 150 Å². The first-order valence-electron chi connectivity index (χ1n) is 8.36. The Morgan fingerprint density at radius 2 is 1.42 bits per heavy atom. The summed E-state index contributed by atoms with van der Waals surface area (Å²) in [6.45, 7) is 1.46. The Bertz CT molecular complexity index is 596. The topological polar surface area (TPSA) is 58.2 Å². The summed E-state index contributed by atoms with van der Waals surface area (Å²) < 4.78 is 0. The molecule has 2 aromatic rings. The van der Waals surface area contributed by atoms with Gasteiger partial charge in [-0.25, -0.2) is 0 Å². The third-order valence-electron chi connectivity index (χ3n) is 4.48. The molecule has 1 aliphatic rings. The van der Waals surface area contributed by atoms with Gasteiger partial charge in [0.05, 0.1) is 9.75 Å². The van der Waals surface area contributed by atoms with Crippen molar-refractivity contribution in [3.63, 3.8) is 0 Å². The first-order chi connectivity index (χ1) is 11.7. The lowest BCUT2D eigenvalue weighted by atomic mass is 9.81. The molecule has 3 rings (SSSR count). The summed E-state index contributed by atoms with van der Waals surface area (Å²) in [7, 11) is 0. The number of hydrogen-bond donors (Lipinski definition) is 2. The second kappa shape index (κ2) is 8.44. The Balaban J connectivity index is 1.41. The van der Waals surface area contributed by atoms with Gasteiger partial charge in [-0.3, -0.25) is 9.59 Å². The highest BCUT2D eigenvalue weighted by Crippen LogP contribution is 2.28. The van der Waals surface area contributed by atoms with E-state index >= 15 is 0 Å². The molecule has 2 atom stereocenters. The molecule has 2 heterocycles. The quantitative estimate of drug-likeness (QED) is 0.822. The van der Waals surface area contributed by atoms with E-state index in [1.807, 2.05) is 35.0 Å². The van der Waals surface area contributed by atoms with Gasteiger partial charge in [0.1, 0.15) is 0 Å². The number of nitrogens with one attached hydrogen (secondary N) is 2. The fourth-order valence-electron chi connectivity index (χ4n) is 3.24. The molecular weight excluding hydrogens is 340 g/mol. The highest BCUT2D eigenvalue weighted by Gasteiger charge is 2.23. The predicted molar refractivity (Wildman–Crippen MR) is 98.8 cm³/mol. The van der Waals surface area contributed by atoms with Crippen LogP contribution in [0.15, 0.2) is 35.0 Å². The van der Waals surface area contributed by atoms with E-state index in [1.165, 1.54) is 29.1 Å². The average Bonchev–Trinajstić information content (AvgIpc) is 3.31. The summed E-state index contributed by atoms with van der Waals surface area (Å²) in [5.74, 6) is 1.06. The molecule has 6 heteroatoms. The molecule has 2 aromatic heterocycles. The van der Waals surface area contributed by atoms with Crippen LogP contribution >= 0.6 is 22.7 Å². The Hall–Kier alpha value is -1.66. The SMILES string of the molecule is O=C(NCC1CCCC(CNC(=O)c2cccs2)C1)c1cccs1. The van der Waals surface area contributed by atoms with Crippen molar-refractivity contribution in [3.8, 4) is 0 Å². The standard InChI is InChI=1S/C18H22N2O2S2/c21-17(15-6-2-8-23-15)19-11-13-4-1-5-14(10-13)12-20-18(22)16-7-3-9-24-16/h2-3,6-9,13-14H,1,4-5,10-12H2,(H,19,21)(H,20,22). The third kappa shape index (κ3) is 4.68. The zero-order valence-electron chi connectivity index (χ0n) is 13.5. The molecule has 0 aromatic carbocycles. The Morgan fingerprint density at radius 3 is 1.83 bits per heavy atom. The van der Waals surface area contributed by atoms with Gasteiger partial charge in [-0.2, -0.15) is 0 Å². The first-order valence-corrected chi connectivity index (χ1v) is 10.1. The van der Waals surface area contributed by atoms with Gasteiger partial charge in [0.15, 0.2) is 0 Å². The second-order valence-electron chi connectivity index (χ2n) is 6.27. The van der Waals surface area contributed by atoms with Gasteiger partial charge in [0.2, 0.25) is 0 Å². The van der Waals surface area contributed by atoms with Crippen molar-refractivity contribution < 1.29 is 9.59 Å². The van der Waals surface area contributed by atoms with Gasteiger partial charge in [-0.1, -0.05) is 18.6 Å². The zero-order valence-corrected chi connectivity index (χ0v) is 15.1. The maximum absolute atomic E-state index is 12.0. The molecule has 2 N–H and O–H groups in total. The molecule has 1 saturated carbocycles. The van der Waals surface area contributed by atoms with Gasteiger partial charge in [0.25, 0.3) is 11.8 Å². The number of carbonyl (C=O) groups is 2. The summed E-state index contributed by atoms with van der Waals surface area (Å²) in [5.41, 5.74) is 0. The van der Waals surface area contributed by atoms with Crippen molar-refractivity contribution in [2.24, 2.45) is 11.8 Å². The van der Waals surface area contributed by atoms with Crippen molar-refractivity contribution >= 4 is 34.5 Å². The number of carbonyl (C=O) groups excluding carboxylic acids is 2. The van der Waals surface area contributed by atoms with Crippen molar-refractivity contribution in [3.05, 3.63) is 44.8 Å². The molecule has 128 valence electrons. The van der Waals surface area contributed by atoms with Crippen LogP contribution in [0, 0.1) is 11.8 Å². The lowest BCUT2D eigenvalue weighted by Crippen LogP contribution is -2.35. The molecule has 0 radical (unpaired) electrons. The first kappa shape index (κ1) is 17.2. The van der Waals surface area contributed by atoms with Crippen molar-refractivity contribution in [1.29, 1.82) is 0 Å². The normalized spacial score (nSPS) is 20.5.